The largest absolute Gasteiger partial charge is 0.333 e. The van der Waals surface area contributed by atoms with E-state index >= 15 is 0 Å². The van der Waals surface area contributed by atoms with Gasteiger partial charge in [-0.1, -0.05) is 29.8 Å². The van der Waals surface area contributed by atoms with Crippen molar-refractivity contribution < 1.29 is 14.4 Å². The molecule has 0 bridgehead atoms. The number of hydrogen-bond donors (Lipinski definition) is 1. The van der Waals surface area contributed by atoms with Crippen molar-refractivity contribution in [1.29, 1.82) is 0 Å². The topological polar surface area (TPSA) is 69.7 Å². The molecule has 3 amide bonds. The summed E-state index contributed by atoms with van der Waals surface area (Å²) >= 11 is 0. The zero-order chi connectivity index (χ0) is 19.4. The van der Waals surface area contributed by atoms with Crippen LogP contribution in [0, 0.1) is 6.92 Å². The summed E-state index contributed by atoms with van der Waals surface area (Å²) in [6.07, 6.45) is 0. The maximum atomic E-state index is 12.3. The Morgan fingerprint density at radius 1 is 0.926 bits per heavy atom. The summed E-state index contributed by atoms with van der Waals surface area (Å²) in [6.45, 7) is 5.84. The highest BCUT2D eigenvalue weighted by molar-refractivity contribution is 6.35. The molecule has 1 aliphatic heterocycles. The molecule has 2 aromatic rings. The van der Waals surface area contributed by atoms with E-state index < -0.39 is 11.8 Å². The number of carbonyl (C=O) groups excluding carboxylic acids is 3. The first-order valence-corrected chi connectivity index (χ1v) is 9.03. The van der Waals surface area contributed by atoms with Crippen LogP contribution >= 0.6 is 0 Å². The monoisotopic (exact) mass is 365 g/mol. The molecular weight excluding hydrogens is 342 g/mol. The van der Waals surface area contributed by atoms with E-state index in [1.165, 1.54) is 0 Å². The van der Waals surface area contributed by atoms with Gasteiger partial charge in [-0.05, 0) is 43.7 Å². The molecule has 1 heterocycles. The van der Waals surface area contributed by atoms with Crippen molar-refractivity contribution in [3.63, 3.8) is 0 Å². The Bertz CT molecular complexity index is 844. The summed E-state index contributed by atoms with van der Waals surface area (Å²) in [5.41, 5.74) is 3.29. The third-order valence-corrected chi connectivity index (χ3v) is 4.68. The second kappa shape index (κ2) is 8.03. The minimum atomic E-state index is -0.468. The molecule has 6 heteroatoms. The lowest BCUT2D eigenvalue weighted by molar-refractivity contribution is -0.156. The van der Waals surface area contributed by atoms with Crippen molar-refractivity contribution in [2.75, 3.05) is 25.0 Å². The second-order valence-corrected chi connectivity index (χ2v) is 6.63. The molecule has 0 saturated carbocycles. The Labute approximate surface area is 158 Å². The molecule has 1 saturated heterocycles. The Morgan fingerprint density at radius 3 is 2.15 bits per heavy atom. The van der Waals surface area contributed by atoms with Gasteiger partial charge in [-0.15, -0.1) is 0 Å². The van der Waals surface area contributed by atoms with Gasteiger partial charge >= 0.3 is 11.8 Å². The molecule has 0 atom stereocenters. The van der Waals surface area contributed by atoms with Crippen LogP contribution in [0.4, 0.5) is 5.69 Å². The van der Waals surface area contributed by atoms with Crippen molar-refractivity contribution >= 4 is 23.4 Å². The highest BCUT2D eigenvalue weighted by atomic mass is 16.2. The van der Waals surface area contributed by atoms with Gasteiger partial charge in [-0.2, -0.15) is 0 Å². The number of carbonyl (C=O) groups is 3. The van der Waals surface area contributed by atoms with E-state index in [2.05, 4.69) is 5.32 Å². The van der Waals surface area contributed by atoms with E-state index in [0.717, 1.165) is 16.8 Å². The zero-order valence-electron chi connectivity index (χ0n) is 15.6. The standard InChI is InChI=1S/C21H23N3O3/c1-3-23-12-13-24(21(27)20(23)26)14-16-6-8-17(9-7-16)19(25)22-18-10-4-15(2)5-11-18/h4-11H,3,12-14H2,1-2H3,(H,22,25). The fourth-order valence-corrected chi connectivity index (χ4v) is 2.99. The fraction of sp³-hybridized carbons (Fsp3) is 0.286. The van der Waals surface area contributed by atoms with Crippen LogP contribution in [0.2, 0.25) is 0 Å². The number of benzene rings is 2. The highest BCUT2D eigenvalue weighted by Gasteiger charge is 2.31. The van der Waals surface area contributed by atoms with Crippen molar-refractivity contribution in [3.05, 3.63) is 65.2 Å². The molecule has 140 valence electrons. The van der Waals surface area contributed by atoms with Gasteiger partial charge in [0.05, 0.1) is 0 Å². The summed E-state index contributed by atoms with van der Waals surface area (Å²) < 4.78 is 0. The molecule has 27 heavy (non-hydrogen) atoms. The smallest absolute Gasteiger partial charge is 0.312 e. The number of anilines is 1. The number of amides is 3. The molecule has 1 N–H and O–H groups in total. The molecule has 2 aromatic carbocycles. The molecule has 0 unspecified atom stereocenters. The molecule has 3 rings (SSSR count). The molecule has 0 aromatic heterocycles. The first-order valence-electron chi connectivity index (χ1n) is 9.03. The van der Waals surface area contributed by atoms with Gasteiger partial charge in [0, 0.05) is 37.4 Å². The minimum absolute atomic E-state index is 0.187. The van der Waals surface area contributed by atoms with Crippen LogP contribution in [0.3, 0.4) is 0 Å². The van der Waals surface area contributed by atoms with Crippen LogP contribution in [0.5, 0.6) is 0 Å². The van der Waals surface area contributed by atoms with Crippen molar-refractivity contribution in [2.45, 2.75) is 20.4 Å². The number of aryl methyl sites for hydroxylation is 1. The number of rotatable bonds is 5. The van der Waals surface area contributed by atoms with Gasteiger partial charge in [0.2, 0.25) is 0 Å². The quantitative estimate of drug-likeness (QED) is 0.828. The van der Waals surface area contributed by atoms with E-state index in [9.17, 15) is 14.4 Å². The molecule has 0 spiro atoms. The molecule has 0 radical (unpaired) electrons. The van der Waals surface area contributed by atoms with E-state index in [1.54, 1.807) is 21.9 Å². The van der Waals surface area contributed by atoms with Crippen molar-refractivity contribution in [1.82, 2.24) is 9.80 Å². The average molecular weight is 365 g/mol. The first-order chi connectivity index (χ1) is 13.0. The second-order valence-electron chi connectivity index (χ2n) is 6.63. The predicted octanol–water partition coefficient (Wildman–Crippen LogP) is 2.44. The van der Waals surface area contributed by atoms with Crippen LogP contribution in [-0.4, -0.2) is 47.2 Å². The highest BCUT2D eigenvalue weighted by Crippen LogP contribution is 2.14. The van der Waals surface area contributed by atoms with Gasteiger partial charge in [0.25, 0.3) is 5.91 Å². The third kappa shape index (κ3) is 4.34. The van der Waals surface area contributed by atoms with Crippen LogP contribution in [0.15, 0.2) is 48.5 Å². The Hall–Kier alpha value is -3.15. The summed E-state index contributed by atoms with van der Waals surface area (Å²) in [5.74, 6) is -1.10. The maximum Gasteiger partial charge on any atom is 0.312 e. The van der Waals surface area contributed by atoms with Gasteiger partial charge < -0.3 is 15.1 Å². The molecule has 1 fully saturated rings. The Balaban J connectivity index is 1.61. The molecule has 1 aliphatic rings. The van der Waals surface area contributed by atoms with Crippen molar-refractivity contribution in [2.24, 2.45) is 0 Å². The Morgan fingerprint density at radius 2 is 1.52 bits per heavy atom. The average Bonchev–Trinajstić information content (AvgIpc) is 2.68. The van der Waals surface area contributed by atoms with E-state index in [4.69, 9.17) is 0 Å². The first kappa shape index (κ1) is 18.6. The SMILES string of the molecule is CCN1CCN(Cc2ccc(C(=O)Nc3ccc(C)cc3)cc2)C(=O)C1=O. The minimum Gasteiger partial charge on any atom is -0.333 e. The number of likely N-dealkylation sites (N-methyl/N-ethyl adjacent to an activating group) is 1. The van der Waals surface area contributed by atoms with E-state index in [0.29, 0.717) is 31.7 Å². The van der Waals surface area contributed by atoms with Crippen LogP contribution in [-0.2, 0) is 16.1 Å². The summed E-state index contributed by atoms with van der Waals surface area (Å²) in [7, 11) is 0. The maximum absolute atomic E-state index is 12.3. The Kier molecular flexibility index (Phi) is 5.54. The van der Waals surface area contributed by atoms with Crippen molar-refractivity contribution in [3.8, 4) is 0 Å². The van der Waals surface area contributed by atoms with Gasteiger partial charge in [-0.25, -0.2) is 0 Å². The number of nitrogens with one attached hydrogen (secondary N) is 1. The number of piperazine rings is 1. The zero-order valence-corrected chi connectivity index (χ0v) is 15.6. The lowest BCUT2D eigenvalue weighted by Gasteiger charge is -2.33. The van der Waals surface area contributed by atoms with E-state index in [1.807, 2.05) is 50.2 Å². The van der Waals surface area contributed by atoms with Crippen LogP contribution in [0.1, 0.15) is 28.4 Å². The lowest BCUT2D eigenvalue weighted by atomic mass is 10.1. The predicted molar refractivity (Wildman–Crippen MR) is 103 cm³/mol. The molecular formula is C21H23N3O3. The summed E-state index contributed by atoms with van der Waals surface area (Å²) in [6, 6.07) is 14.7. The molecule has 0 aliphatic carbocycles. The lowest BCUT2D eigenvalue weighted by Crippen LogP contribution is -2.53. The molecule has 6 nitrogen and oxygen atoms in total. The van der Waals surface area contributed by atoms with Gasteiger partial charge in [-0.3, -0.25) is 14.4 Å². The number of nitrogens with zero attached hydrogens (tertiary/aromatic N) is 2. The van der Waals surface area contributed by atoms with Crippen LogP contribution < -0.4 is 5.32 Å². The summed E-state index contributed by atoms with van der Waals surface area (Å²) in [4.78, 5) is 39.6. The third-order valence-electron chi connectivity index (χ3n) is 4.68. The summed E-state index contributed by atoms with van der Waals surface area (Å²) in [5, 5.41) is 2.86. The number of hydrogen-bond acceptors (Lipinski definition) is 3. The van der Waals surface area contributed by atoms with Crippen LogP contribution in [0.25, 0.3) is 0 Å². The van der Waals surface area contributed by atoms with E-state index in [-0.39, 0.29) is 5.91 Å². The fourth-order valence-electron chi connectivity index (χ4n) is 2.99. The normalized spacial score (nSPS) is 14.4. The van der Waals surface area contributed by atoms with Gasteiger partial charge in [0.1, 0.15) is 0 Å². The van der Waals surface area contributed by atoms with Gasteiger partial charge in [0.15, 0.2) is 0 Å².